The molecule has 3 rings (SSSR count). The van der Waals surface area contributed by atoms with Crippen molar-refractivity contribution in [3.63, 3.8) is 0 Å². The quantitative estimate of drug-likeness (QED) is 0.278. The van der Waals surface area contributed by atoms with E-state index >= 15 is 0 Å². The number of aliphatic hydroxyl groups excluding tert-OH is 1. The number of esters is 3. The number of aliphatic hydroxyl groups is 1. The van der Waals surface area contributed by atoms with Crippen LogP contribution in [0.15, 0.2) is 91.0 Å². The molecule has 0 aliphatic heterocycles. The van der Waals surface area contributed by atoms with Gasteiger partial charge in [0.05, 0.1) is 28.9 Å². The van der Waals surface area contributed by atoms with Crippen molar-refractivity contribution in [2.45, 2.75) is 38.3 Å². The molecule has 0 amide bonds. The van der Waals surface area contributed by atoms with Crippen molar-refractivity contribution in [2.24, 2.45) is 5.92 Å². The van der Waals surface area contributed by atoms with Crippen LogP contribution < -0.4 is 0 Å². The molecule has 8 heteroatoms. The van der Waals surface area contributed by atoms with Crippen molar-refractivity contribution in [3.8, 4) is 0 Å². The molecule has 0 saturated heterocycles. The first kappa shape index (κ1) is 28.6. The predicted octanol–water partition coefficient (Wildman–Crippen LogP) is 4.33. The Hall–Kier alpha value is -4.01. The van der Waals surface area contributed by atoms with Crippen molar-refractivity contribution in [3.05, 3.63) is 108 Å². The van der Waals surface area contributed by atoms with E-state index < -0.39 is 48.2 Å². The lowest BCUT2D eigenvalue weighted by Crippen LogP contribution is -2.48. The standard InChI is InChI=1S/C30H32O8/c1-20(26(31)27(21(2)35-3)38-30(34)24-17-11-6-12-18-24)25(37-29(33)23-15-9-5-10-16-23)19-36-28(32)22-13-7-4-8-14-22/h4-18,20-21,25-27,31H,19H2,1-3H3/t20?,21?,25-,26?,27?/m1/s1. The molecule has 0 aliphatic rings. The first-order chi connectivity index (χ1) is 18.3. The topological polar surface area (TPSA) is 108 Å². The van der Waals surface area contributed by atoms with E-state index in [4.69, 9.17) is 18.9 Å². The Morgan fingerprint density at radius 1 is 0.684 bits per heavy atom. The first-order valence-corrected chi connectivity index (χ1v) is 12.3. The fourth-order valence-corrected chi connectivity index (χ4v) is 3.75. The number of benzene rings is 3. The lowest BCUT2D eigenvalue weighted by Gasteiger charge is -2.34. The van der Waals surface area contributed by atoms with Gasteiger partial charge in [0.15, 0.2) is 6.10 Å². The number of hydrogen-bond donors (Lipinski definition) is 1. The van der Waals surface area contributed by atoms with E-state index in [0.717, 1.165) is 0 Å². The fraction of sp³-hybridized carbons (Fsp3) is 0.300. The van der Waals surface area contributed by atoms with Gasteiger partial charge < -0.3 is 24.1 Å². The molecule has 0 aromatic heterocycles. The van der Waals surface area contributed by atoms with Crippen molar-refractivity contribution < 1.29 is 38.4 Å². The average Bonchev–Trinajstić information content (AvgIpc) is 2.97. The molecule has 0 aliphatic carbocycles. The highest BCUT2D eigenvalue weighted by Crippen LogP contribution is 2.23. The van der Waals surface area contributed by atoms with Crippen LogP contribution in [0.2, 0.25) is 0 Å². The van der Waals surface area contributed by atoms with Crippen LogP contribution in [0.25, 0.3) is 0 Å². The Labute approximate surface area is 222 Å². The average molecular weight is 521 g/mol. The van der Waals surface area contributed by atoms with Crippen LogP contribution in [-0.2, 0) is 18.9 Å². The molecule has 3 aromatic rings. The molecule has 0 bridgehead atoms. The van der Waals surface area contributed by atoms with Crippen LogP contribution in [0, 0.1) is 5.92 Å². The van der Waals surface area contributed by atoms with E-state index in [0.29, 0.717) is 16.7 Å². The number of carbonyl (C=O) groups is 3. The zero-order valence-electron chi connectivity index (χ0n) is 21.6. The molecule has 4 unspecified atom stereocenters. The molecule has 200 valence electrons. The summed E-state index contributed by atoms with van der Waals surface area (Å²) in [6.07, 6.45) is -4.20. The first-order valence-electron chi connectivity index (χ1n) is 12.3. The van der Waals surface area contributed by atoms with Gasteiger partial charge in [-0.15, -0.1) is 0 Å². The van der Waals surface area contributed by atoms with Crippen LogP contribution >= 0.6 is 0 Å². The monoisotopic (exact) mass is 520 g/mol. The van der Waals surface area contributed by atoms with Gasteiger partial charge in [0.2, 0.25) is 0 Å². The third-order valence-corrected chi connectivity index (χ3v) is 6.20. The largest absolute Gasteiger partial charge is 0.458 e. The minimum absolute atomic E-state index is 0.297. The summed E-state index contributed by atoms with van der Waals surface area (Å²) in [6.45, 7) is 2.94. The lowest BCUT2D eigenvalue weighted by molar-refractivity contribution is -0.117. The summed E-state index contributed by atoms with van der Waals surface area (Å²) < 4.78 is 22.2. The van der Waals surface area contributed by atoms with Gasteiger partial charge in [0.25, 0.3) is 0 Å². The second kappa shape index (κ2) is 14.1. The SMILES string of the molecule is COC(C)C(OC(=O)c1ccccc1)C(O)C(C)[C@@H](COC(=O)c1ccccc1)OC(=O)c1ccccc1. The summed E-state index contributed by atoms with van der Waals surface area (Å²) in [5.41, 5.74) is 0.937. The molecule has 0 fully saturated rings. The summed E-state index contributed by atoms with van der Waals surface area (Å²) >= 11 is 0. The predicted molar refractivity (Wildman–Crippen MR) is 140 cm³/mol. The van der Waals surface area contributed by atoms with Gasteiger partial charge in [0, 0.05) is 13.0 Å². The number of ether oxygens (including phenoxy) is 4. The lowest BCUT2D eigenvalue weighted by atomic mass is 9.91. The number of hydrogen-bond acceptors (Lipinski definition) is 8. The Balaban J connectivity index is 1.81. The molecule has 0 heterocycles. The molecule has 8 nitrogen and oxygen atoms in total. The van der Waals surface area contributed by atoms with Crippen LogP contribution in [0.3, 0.4) is 0 Å². The molecular formula is C30H32O8. The Bertz CT molecular complexity index is 1170. The molecule has 38 heavy (non-hydrogen) atoms. The zero-order chi connectivity index (χ0) is 27.5. The van der Waals surface area contributed by atoms with E-state index in [-0.39, 0.29) is 6.61 Å². The van der Waals surface area contributed by atoms with Crippen LogP contribution in [-0.4, -0.2) is 61.1 Å². The minimum atomic E-state index is -1.33. The summed E-state index contributed by atoms with van der Waals surface area (Å²) in [5.74, 6) is -2.72. The number of carbonyl (C=O) groups excluding carboxylic acids is 3. The molecule has 0 radical (unpaired) electrons. The molecule has 5 atom stereocenters. The van der Waals surface area contributed by atoms with Crippen LogP contribution in [0.4, 0.5) is 0 Å². The van der Waals surface area contributed by atoms with Crippen molar-refractivity contribution in [1.82, 2.24) is 0 Å². The molecule has 3 aromatic carbocycles. The maximum atomic E-state index is 12.9. The Kier molecular flexibility index (Phi) is 10.6. The smallest absolute Gasteiger partial charge is 0.338 e. The van der Waals surface area contributed by atoms with Crippen molar-refractivity contribution in [2.75, 3.05) is 13.7 Å². The summed E-state index contributed by atoms with van der Waals surface area (Å²) in [5, 5.41) is 11.3. The third kappa shape index (κ3) is 7.74. The highest BCUT2D eigenvalue weighted by atomic mass is 16.6. The molecule has 0 saturated carbocycles. The fourth-order valence-electron chi connectivity index (χ4n) is 3.75. The van der Waals surface area contributed by atoms with Gasteiger partial charge in [-0.3, -0.25) is 0 Å². The van der Waals surface area contributed by atoms with E-state index in [1.807, 2.05) is 0 Å². The molecule has 1 N–H and O–H groups in total. The minimum Gasteiger partial charge on any atom is -0.458 e. The summed E-state index contributed by atoms with van der Waals surface area (Å²) in [4.78, 5) is 38.2. The number of rotatable bonds is 12. The second-order valence-corrected chi connectivity index (χ2v) is 8.80. The van der Waals surface area contributed by atoms with Gasteiger partial charge in [-0.05, 0) is 43.3 Å². The molecule has 0 spiro atoms. The van der Waals surface area contributed by atoms with Gasteiger partial charge in [-0.1, -0.05) is 61.5 Å². The Morgan fingerprint density at radius 2 is 1.11 bits per heavy atom. The van der Waals surface area contributed by atoms with Crippen LogP contribution in [0.1, 0.15) is 44.9 Å². The Morgan fingerprint density at radius 3 is 1.55 bits per heavy atom. The third-order valence-electron chi connectivity index (χ3n) is 6.20. The van der Waals surface area contributed by atoms with Gasteiger partial charge >= 0.3 is 17.9 Å². The zero-order valence-corrected chi connectivity index (χ0v) is 21.6. The van der Waals surface area contributed by atoms with Crippen LogP contribution in [0.5, 0.6) is 0 Å². The van der Waals surface area contributed by atoms with Gasteiger partial charge in [0.1, 0.15) is 12.7 Å². The number of methoxy groups -OCH3 is 1. The maximum absolute atomic E-state index is 12.9. The van der Waals surface area contributed by atoms with E-state index in [1.165, 1.54) is 7.11 Å². The van der Waals surface area contributed by atoms with Gasteiger partial charge in [-0.2, -0.15) is 0 Å². The van der Waals surface area contributed by atoms with E-state index in [2.05, 4.69) is 0 Å². The summed E-state index contributed by atoms with van der Waals surface area (Å²) in [7, 11) is 1.43. The maximum Gasteiger partial charge on any atom is 0.338 e. The van der Waals surface area contributed by atoms with Crippen molar-refractivity contribution in [1.29, 1.82) is 0 Å². The second-order valence-electron chi connectivity index (χ2n) is 8.80. The van der Waals surface area contributed by atoms with Crippen molar-refractivity contribution >= 4 is 17.9 Å². The van der Waals surface area contributed by atoms with E-state index in [9.17, 15) is 19.5 Å². The summed E-state index contributed by atoms with van der Waals surface area (Å²) in [6, 6.07) is 25.1. The highest BCUT2D eigenvalue weighted by molar-refractivity contribution is 5.90. The normalized spacial score (nSPS) is 14.8. The van der Waals surface area contributed by atoms with E-state index in [1.54, 1.807) is 105 Å². The van der Waals surface area contributed by atoms with Gasteiger partial charge in [-0.25, -0.2) is 14.4 Å². The molecular weight excluding hydrogens is 488 g/mol. The highest BCUT2D eigenvalue weighted by Gasteiger charge is 2.39.